The Kier molecular flexibility index (Phi) is 5.56. The number of benzene rings is 2. The second-order valence-corrected chi connectivity index (χ2v) is 12.2. The van der Waals surface area contributed by atoms with Gasteiger partial charge in [0.1, 0.15) is 11.9 Å². The zero-order chi connectivity index (χ0) is 24.3. The SMILES string of the molecule is CC[C@@]12CCc3cc(O)ccc3[C@H]1CC[C@]1(C)[C@@H](OC(=O)c3ccc(S(N)(=O)=O)cc3)CC[C@H]12. The molecule has 5 atom stereocenters. The lowest BCUT2D eigenvalue weighted by Gasteiger charge is -2.58. The highest BCUT2D eigenvalue weighted by atomic mass is 32.2. The molecule has 2 saturated carbocycles. The lowest BCUT2D eigenvalue weighted by atomic mass is 9.46. The highest BCUT2D eigenvalue weighted by Crippen LogP contribution is 2.68. The van der Waals surface area contributed by atoms with Crippen LogP contribution in [0.2, 0.25) is 0 Å². The zero-order valence-corrected chi connectivity index (χ0v) is 20.6. The Balaban J connectivity index is 1.39. The monoisotopic (exact) mass is 483 g/mol. The minimum atomic E-state index is -3.80. The number of primary sulfonamides is 1. The van der Waals surface area contributed by atoms with E-state index in [9.17, 15) is 18.3 Å². The summed E-state index contributed by atoms with van der Waals surface area (Å²) in [7, 11) is -3.80. The molecular formula is C27H33NO5S. The molecule has 5 rings (SSSR count). The van der Waals surface area contributed by atoms with E-state index in [0.29, 0.717) is 23.1 Å². The van der Waals surface area contributed by atoms with Crippen LogP contribution in [-0.4, -0.2) is 25.6 Å². The van der Waals surface area contributed by atoms with Gasteiger partial charge in [-0.15, -0.1) is 0 Å². The van der Waals surface area contributed by atoms with Crippen LogP contribution in [0.1, 0.15) is 79.8 Å². The maximum absolute atomic E-state index is 13.0. The predicted molar refractivity (Wildman–Crippen MR) is 129 cm³/mol. The van der Waals surface area contributed by atoms with E-state index in [2.05, 4.69) is 19.9 Å². The number of carbonyl (C=O) groups is 1. The molecule has 3 aliphatic rings. The summed E-state index contributed by atoms with van der Waals surface area (Å²) in [5, 5.41) is 15.1. The first-order valence-corrected chi connectivity index (χ1v) is 13.8. The number of sulfonamides is 1. The predicted octanol–water partition coefficient (Wildman–Crippen LogP) is 4.90. The molecule has 0 amide bonds. The number of esters is 1. The van der Waals surface area contributed by atoms with Crippen LogP contribution >= 0.6 is 0 Å². The topological polar surface area (TPSA) is 107 Å². The second-order valence-electron chi connectivity index (χ2n) is 10.7. The number of phenolic OH excluding ortho intramolecular Hbond substituents is 1. The molecule has 2 fully saturated rings. The number of nitrogens with two attached hydrogens (primary N) is 1. The fraction of sp³-hybridized carbons (Fsp3) is 0.519. The third-order valence-corrected chi connectivity index (χ3v) is 10.2. The van der Waals surface area contributed by atoms with Crippen LogP contribution < -0.4 is 5.14 Å². The molecule has 2 aromatic carbocycles. The molecule has 0 bridgehead atoms. The van der Waals surface area contributed by atoms with Gasteiger partial charge in [0, 0.05) is 5.41 Å². The van der Waals surface area contributed by atoms with Gasteiger partial charge in [0.25, 0.3) is 0 Å². The lowest BCUT2D eigenvalue weighted by Crippen LogP contribution is -2.52. The van der Waals surface area contributed by atoms with Gasteiger partial charge in [-0.2, -0.15) is 0 Å². The first kappa shape index (κ1) is 23.4. The average Bonchev–Trinajstić information content (AvgIpc) is 3.14. The van der Waals surface area contributed by atoms with Crippen LogP contribution in [0, 0.1) is 16.7 Å². The number of aromatic hydroxyl groups is 1. The summed E-state index contributed by atoms with van der Waals surface area (Å²) in [6.07, 6.45) is 6.93. The van der Waals surface area contributed by atoms with Gasteiger partial charge >= 0.3 is 5.97 Å². The normalized spacial score (nSPS) is 32.4. The fourth-order valence-electron chi connectivity index (χ4n) is 7.64. The summed E-state index contributed by atoms with van der Waals surface area (Å²) < 4.78 is 29.1. The van der Waals surface area contributed by atoms with Crippen molar-refractivity contribution in [2.75, 3.05) is 0 Å². The number of phenols is 1. The van der Waals surface area contributed by atoms with E-state index in [4.69, 9.17) is 9.88 Å². The third kappa shape index (κ3) is 3.55. The summed E-state index contributed by atoms with van der Waals surface area (Å²) in [6, 6.07) is 11.5. The van der Waals surface area contributed by atoms with E-state index >= 15 is 0 Å². The van der Waals surface area contributed by atoms with E-state index in [0.717, 1.165) is 44.9 Å². The highest BCUT2D eigenvalue weighted by molar-refractivity contribution is 7.89. The van der Waals surface area contributed by atoms with Crippen molar-refractivity contribution in [2.24, 2.45) is 21.9 Å². The fourth-order valence-corrected chi connectivity index (χ4v) is 8.15. The first-order valence-electron chi connectivity index (χ1n) is 12.2. The maximum atomic E-state index is 13.0. The Morgan fingerprint density at radius 2 is 1.85 bits per heavy atom. The Morgan fingerprint density at radius 1 is 1.12 bits per heavy atom. The van der Waals surface area contributed by atoms with Crippen molar-refractivity contribution in [3.05, 3.63) is 59.2 Å². The number of carbonyl (C=O) groups excluding carboxylic acids is 1. The first-order chi connectivity index (χ1) is 16.1. The van der Waals surface area contributed by atoms with E-state index in [-0.39, 0.29) is 21.8 Å². The Morgan fingerprint density at radius 3 is 2.53 bits per heavy atom. The molecule has 34 heavy (non-hydrogen) atoms. The maximum Gasteiger partial charge on any atom is 0.338 e. The quantitative estimate of drug-likeness (QED) is 0.602. The van der Waals surface area contributed by atoms with Crippen LogP contribution in [0.4, 0.5) is 0 Å². The van der Waals surface area contributed by atoms with Gasteiger partial charge in [-0.3, -0.25) is 0 Å². The molecule has 0 spiro atoms. The van der Waals surface area contributed by atoms with Gasteiger partial charge in [0.15, 0.2) is 0 Å². The molecule has 0 heterocycles. The Bertz CT molecular complexity index is 1220. The van der Waals surface area contributed by atoms with Crippen molar-refractivity contribution in [1.82, 2.24) is 0 Å². The van der Waals surface area contributed by atoms with Crippen molar-refractivity contribution in [2.45, 2.75) is 75.7 Å². The van der Waals surface area contributed by atoms with Gasteiger partial charge < -0.3 is 9.84 Å². The molecular weight excluding hydrogens is 450 g/mol. The number of hydrogen-bond acceptors (Lipinski definition) is 5. The summed E-state index contributed by atoms with van der Waals surface area (Å²) >= 11 is 0. The molecule has 0 unspecified atom stereocenters. The van der Waals surface area contributed by atoms with Crippen LogP contribution in [0.5, 0.6) is 5.75 Å². The van der Waals surface area contributed by atoms with E-state index in [1.54, 1.807) is 0 Å². The highest BCUT2D eigenvalue weighted by Gasteiger charge is 2.62. The molecule has 0 aromatic heterocycles. The molecule has 3 N–H and O–H groups in total. The smallest absolute Gasteiger partial charge is 0.338 e. The van der Waals surface area contributed by atoms with Crippen molar-refractivity contribution < 1.29 is 23.1 Å². The number of fused-ring (bicyclic) bond motifs is 5. The number of rotatable bonds is 4. The molecule has 7 heteroatoms. The molecule has 6 nitrogen and oxygen atoms in total. The number of ether oxygens (including phenoxy) is 1. The van der Waals surface area contributed by atoms with E-state index in [1.165, 1.54) is 35.4 Å². The molecule has 0 saturated heterocycles. The average molecular weight is 484 g/mol. The van der Waals surface area contributed by atoms with Crippen molar-refractivity contribution in [3.63, 3.8) is 0 Å². The van der Waals surface area contributed by atoms with Gasteiger partial charge in [-0.25, -0.2) is 18.4 Å². The van der Waals surface area contributed by atoms with Gasteiger partial charge in [-0.05, 0) is 110 Å². The lowest BCUT2D eigenvalue weighted by molar-refractivity contribution is -0.0842. The second kappa shape index (κ2) is 8.09. The molecule has 182 valence electrons. The minimum absolute atomic E-state index is 0.0222. The van der Waals surface area contributed by atoms with Crippen LogP contribution in [-0.2, 0) is 21.2 Å². The Hall–Kier alpha value is -2.38. The van der Waals surface area contributed by atoms with Gasteiger partial charge in [0.2, 0.25) is 10.0 Å². The van der Waals surface area contributed by atoms with Crippen molar-refractivity contribution in [1.29, 1.82) is 0 Å². The standard InChI is InChI=1S/C27H33NO5S/c1-3-27-15-12-18-16-19(29)6-9-21(18)22(27)13-14-26(2)23(27)10-11-24(26)33-25(30)17-4-7-20(8-5-17)34(28,31)32/h4-9,16,22-24,29H,3,10-15H2,1-2H3,(H2,28,31,32)/t22-,23-,24+,26+,27-/m1/s1. The molecule has 0 radical (unpaired) electrons. The summed E-state index contributed by atoms with van der Waals surface area (Å²) in [5.41, 5.74) is 3.10. The van der Waals surface area contributed by atoms with Crippen LogP contribution in [0.15, 0.2) is 47.4 Å². The van der Waals surface area contributed by atoms with Crippen LogP contribution in [0.3, 0.4) is 0 Å². The summed E-state index contributed by atoms with van der Waals surface area (Å²) in [4.78, 5) is 13.0. The molecule has 3 aliphatic carbocycles. The number of aryl methyl sites for hydroxylation is 1. The largest absolute Gasteiger partial charge is 0.508 e. The van der Waals surface area contributed by atoms with Crippen molar-refractivity contribution >= 4 is 16.0 Å². The van der Waals surface area contributed by atoms with E-state index < -0.39 is 16.0 Å². The third-order valence-electron chi connectivity index (χ3n) is 9.30. The van der Waals surface area contributed by atoms with E-state index in [1.807, 2.05) is 12.1 Å². The molecule has 2 aromatic rings. The van der Waals surface area contributed by atoms with Crippen molar-refractivity contribution in [3.8, 4) is 5.75 Å². The molecule has 0 aliphatic heterocycles. The number of hydrogen-bond donors (Lipinski definition) is 2. The van der Waals surface area contributed by atoms with Crippen LogP contribution in [0.25, 0.3) is 0 Å². The summed E-state index contributed by atoms with van der Waals surface area (Å²) in [6.45, 7) is 4.60. The minimum Gasteiger partial charge on any atom is -0.508 e. The zero-order valence-electron chi connectivity index (χ0n) is 19.8. The Labute approximate surface area is 201 Å². The van der Waals surface area contributed by atoms with Gasteiger partial charge in [0.05, 0.1) is 10.5 Å². The summed E-state index contributed by atoms with van der Waals surface area (Å²) in [5.74, 6) is 0.867. The van der Waals surface area contributed by atoms with Gasteiger partial charge in [-0.1, -0.05) is 19.9 Å².